The van der Waals surface area contributed by atoms with Crippen molar-refractivity contribution in [3.63, 3.8) is 0 Å². The van der Waals surface area contributed by atoms with Gasteiger partial charge in [-0.25, -0.2) is 0 Å². The van der Waals surface area contributed by atoms with Crippen LogP contribution in [0.2, 0.25) is 0 Å². The molecule has 21 heavy (non-hydrogen) atoms. The van der Waals surface area contributed by atoms with Crippen LogP contribution >= 0.6 is 0 Å². The zero-order chi connectivity index (χ0) is 14.7. The summed E-state index contributed by atoms with van der Waals surface area (Å²) in [7, 11) is 4.12. The SMILES string of the molecule is CN(C)C(CNCc1ccc2cn[nH]c2c1)c1ccco1. The predicted molar refractivity (Wildman–Crippen MR) is 82.9 cm³/mol. The van der Waals surface area contributed by atoms with Crippen molar-refractivity contribution >= 4 is 10.9 Å². The molecule has 0 radical (unpaired) electrons. The largest absolute Gasteiger partial charge is 0.468 e. The number of H-pyrrole nitrogens is 1. The van der Waals surface area contributed by atoms with Gasteiger partial charge < -0.3 is 9.73 Å². The molecule has 3 rings (SSSR count). The number of aromatic nitrogens is 2. The van der Waals surface area contributed by atoms with Gasteiger partial charge in [-0.3, -0.25) is 10.00 Å². The molecule has 0 bridgehead atoms. The van der Waals surface area contributed by atoms with Gasteiger partial charge in [0.2, 0.25) is 0 Å². The Balaban J connectivity index is 1.61. The second-order valence-corrected chi connectivity index (χ2v) is 5.42. The van der Waals surface area contributed by atoms with Crippen LogP contribution in [0, 0.1) is 0 Å². The van der Waals surface area contributed by atoms with Crippen molar-refractivity contribution in [2.24, 2.45) is 0 Å². The molecule has 1 unspecified atom stereocenters. The van der Waals surface area contributed by atoms with Gasteiger partial charge >= 0.3 is 0 Å². The lowest BCUT2D eigenvalue weighted by atomic mass is 10.1. The summed E-state index contributed by atoms with van der Waals surface area (Å²) < 4.78 is 5.51. The molecule has 1 aromatic carbocycles. The molecular weight excluding hydrogens is 264 g/mol. The molecule has 0 aliphatic heterocycles. The Morgan fingerprint density at radius 1 is 1.33 bits per heavy atom. The Morgan fingerprint density at radius 2 is 2.24 bits per heavy atom. The fourth-order valence-corrected chi connectivity index (χ4v) is 2.47. The molecule has 0 saturated carbocycles. The van der Waals surface area contributed by atoms with Crippen LogP contribution in [0.15, 0.2) is 47.2 Å². The van der Waals surface area contributed by atoms with E-state index in [9.17, 15) is 0 Å². The van der Waals surface area contributed by atoms with Crippen LogP contribution in [0.25, 0.3) is 10.9 Å². The average Bonchev–Trinajstić information content (AvgIpc) is 3.13. The summed E-state index contributed by atoms with van der Waals surface area (Å²) >= 11 is 0. The average molecular weight is 284 g/mol. The third kappa shape index (κ3) is 3.15. The first-order chi connectivity index (χ1) is 10.2. The molecular formula is C16H20N4O. The molecule has 5 nitrogen and oxygen atoms in total. The molecule has 5 heteroatoms. The quantitative estimate of drug-likeness (QED) is 0.730. The second-order valence-electron chi connectivity index (χ2n) is 5.42. The van der Waals surface area contributed by atoms with E-state index in [2.05, 4.69) is 52.7 Å². The van der Waals surface area contributed by atoms with E-state index in [1.54, 1.807) is 6.26 Å². The number of fused-ring (bicyclic) bond motifs is 1. The smallest absolute Gasteiger partial charge is 0.122 e. The normalized spacial score (nSPS) is 13.1. The fraction of sp³-hybridized carbons (Fsp3) is 0.312. The minimum Gasteiger partial charge on any atom is -0.468 e. The molecule has 2 heterocycles. The minimum atomic E-state index is 0.232. The molecule has 0 saturated heterocycles. The molecule has 1 atom stereocenters. The Bertz CT molecular complexity index is 687. The first-order valence-electron chi connectivity index (χ1n) is 7.06. The lowest BCUT2D eigenvalue weighted by Gasteiger charge is -2.22. The molecule has 0 aliphatic carbocycles. The minimum absolute atomic E-state index is 0.232. The molecule has 3 aromatic rings. The van der Waals surface area contributed by atoms with Gasteiger partial charge in [-0.2, -0.15) is 5.10 Å². The predicted octanol–water partition coefficient (Wildman–Crippen LogP) is 2.55. The van der Waals surface area contributed by atoms with Crippen LogP contribution in [0.4, 0.5) is 0 Å². The highest BCUT2D eigenvalue weighted by Gasteiger charge is 2.16. The maximum absolute atomic E-state index is 5.51. The molecule has 0 spiro atoms. The van der Waals surface area contributed by atoms with Gasteiger partial charge in [0.15, 0.2) is 0 Å². The maximum Gasteiger partial charge on any atom is 0.122 e. The van der Waals surface area contributed by atoms with Crippen LogP contribution in [0.1, 0.15) is 17.4 Å². The van der Waals surface area contributed by atoms with Gasteiger partial charge in [-0.15, -0.1) is 0 Å². The molecule has 2 N–H and O–H groups in total. The van der Waals surface area contributed by atoms with Crippen molar-refractivity contribution in [3.8, 4) is 0 Å². The van der Waals surface area contributed by atoms with Crippen LogP contribution in [-0.2, 0) is 6.54 Å². The number of nitrogens with one attached hydrogen (secondary N) is 2. The highest BCUT2D eigenvalue weighted by Crippen LogP contribution is 2.18. The number of benzene rings is 1. The number of rotatable bonds is 6. The van der Waals surface area contributed by atoms with Crippen LogP contribution in [0.3, 0.4) is 0 Å². The summed E-state index contributed by atoms with van der Waals surface area (Å²) in [6.07, 6.45) is 3.56. The number of aromatic amines is 1. The number of likely N-dealkylation sites (N-methyl/N-ethyl adjacent to an activating group) is 1. The first kappa shape index (κ1) is 13.9. The number of hydrogen-bond donors (Lipinski definition) is 2. The van der Waals surface area contributed by atoms with Crippen molar-refractivity contribution < 1.29 is 4.42 Å². The van der Waals surface area contributed by atoms with E-state index in [1.165, 1.54) is 5.56 Å². The number of hydrogen-bond acceptors (Lipinski definition) is 4. The van der Waals surface area contributed by atoms with Gasteiger partial charge in [0.1, 0.15) is 5.76 Å². The highest BCUT2D eigenvalue weighted by atomic mass is 16.3. The maximum atomic E-state index is 5.51. The summed E-state index contributed by atoms with van der Waals surface area (Å²) in [5, 5.41) is 11.7. The third-order valence-corrected chi connectivity index (χ3v) is 3.67. The molecule has 0 amide bonds. The Hall–Kier alpha value is -2.11. The molecule has 2 aromatic heterocycles. The summed E-state index contributed by atoms with van der Waals surface area (Å²) in [6, 6.07) is 10.5. The summed E-state index contributed by atoms with van der Waals surface area (Å²) in [6.45, 7) is 1.65. The Kier molecular flexibility index (Phi) is 4.03. The van der Waals surface area contributed by atoms with Gasteiger partial charge in [0.05, 0.1) is 24.0 Å². The zero-order valence-corrected chi connectivity index (χ0v) is 12.3. The first-order valence-corrected chi connectivity index (χ1v) is 7.06. The van der Waals surface area contributed by atoms with Gasteiger partial charge in [-0.05, 0) is 37.9 Å². The second kappa shape index (κ2) is 6.11. The van der Waals surface area contributed by atoms with E-state index in [4.69, 9.17) is 4.42 Å². The molecule has 110 valence electrons. The monoisotopic (exact) mass is 284 g/mol. The van der Waals surface area contributed by atoms with E-state index in [1.807, 2.05) is 18.3 Å². The Morgan fingerprint density at radius 3 is 3.00 bits per heavy atom. The van der Waals surface area contributed by atoms with Crippen LogP contribution < -0.4 is 5.32 Å². The number of furan rings is 1. The lowest BCUT2D eigenvalue weighted by molar-refractivity contribution is 0.250. The number of nitrogens with zero attached hydrogens (tertiary/aromatic N) is 2. The van der Waals surface area contributed by atoms with E-state index >= 15 is 0 Å². The summed E-state index contributed by atoms with van der Waals surface area (Å²) in [5.74, 6) is 0.983. The van der Waals surface area contributed by atoms with Crippen molar-refractivity contribution in [1.29, 1.82) is 0 Å². The van der Waals surface area contributed by atoms with E-state index in [-0.39, 0.29) is 6.04 Å². The van der Waals surface area contributed by atoms with Gasteiger partial charge in [0.25, 0.3) is 0 Å². The van der Waals surface area contributed by atoms with E-state index in [0.717, 1.165) is 29.8 Å². The topological polar surface area (TPSA) is 57.1 Å². The highest BCUT2D eigenvalue weighted by molar-refractivity contribution is 5.78. The standard InChI is InChI=1S/C16H20N4O/c1-20(2)15(16-4-3-7-21-16)11-17-9-12-5-6-13-10-18-19-14(13)8-12/h3-8,10,15,17H,9,11H2,1-2H3,(H,18,19). The lowest BCUT2D eigenvalue weighted by Crippen LogP contribution is -2.30. The van der Waals surface area contributed by atoms with E-state index < -0.39 is 0 Å². The van der Waals surface area contributed by atoms with Gasteiger partial charge in [0, 0.05) is 18.5 Å². The van der Waals surface area contributed by atoms with Crippen molar-refractivity contribution in [2.45, 2.75) is 12.6 Å². The van der Waals surface area contributed by atoms with Crippen LogP contribution in [0.5, 0.6) is 0 Å². The third-order valence-electron chi connectivity index (χ3n) is 3.67. The fourth-order valence-electron chi connectivity index (χ4n) is 2.47. The summed E-state index contributed by atoms with van der Waals surface area (Å²) in [4.78, 5) is 2.16. The Labute approximate surface area is 123 Å². The van der Waals surface area contributed by atoms with Crippen molar-refractivity contribution in [1.82, 2.24) is 20.4 Å². The van der Waals surface area contributed by atoms with Gasteiger partial charge in [-0.1, -0.05) is 12.1 Å². The van der Waals surface area contributed by atoms with Crippen LogP contribution in [-0.4, -0.2) is 35.7 Å². The molecule has 0 aliphatic rings. The van der Waals surface area contributed by atoms with Crippen molar-refractivity contribution in [3.05, 3.63) is 54.1 Å². The van der Waals surface area contributed by atoms with Crippen molar-refractivity contribution in [2.75, 3.05) is 20.6 Å². The summed E-state index contributed by atoms with van der Waals surface area (Å²) in [5.41, 5.74) is 2.31. The van der Waals surface area contributed by atoms with E-state index in [0.29, 0.717) is 0 Å². The zero-order valence-electron chi connectivity index (χ0n) is 12.3. The molecule has 0 fully saturated rings.